The number of aliphatic hydroxyl groups is 1. The van der Waals surface area contributed by atoms with Crippen LogP contribution in [-0.4, -0.2) is 53.4 Å². The Balaban J connectivity index is 3.99. The van der Waals surface area contributed by atoms with Crippen LogP contribution in [0.2, 0.25) is 0 Å². The Bertz CT molecular complexity index is 256. The van der Waals surface area contributed by atoms with Crippen LogP contribution < -0.4 is 5.32 Å². The Labute approximate surface area is 102 Å². The number of urea groups is 1. The first-order chi connectivity index (χ1) is 7.86. The molecule has 2 atom stereocenters. The van der Waals surface area contributed by atoms with E-state index in [-0.39, 0.29) is 24.9 Å². The second kappa shape index (κ2) is 7.89. The summed E-state index contributed by atoms with van der Waals surface area (Å²) in [7, 11) is 1.58. The monoisotopic (exact) mass is 246 g/mol. The summed E-state index contributed by atoms with van der Waals surface area (Å²) in [5.41, 5.74) is 0. The van der Waals surface area contributed by atoms with Gasteiger partial charge in [0.2, 0.25) is 0 Å². The molecule has 0 fully saturated rings. The Hall–Kier alpha value is -1.30. The fourth-order valence-corrected chi connectivity index (χ4v) is 1.45. The van der Waals surface area contributed by atoms with E-state index in [4.69, 9.17) is 10.2 Å². The van der Waals surface area contributed by atoms with E-state index in [1.165, 1.54) is 4.90 Å². The molecule has 6 nitrogen and oxygen atoms in total. The SMILES string of the molecule is CCC(CNC(=O)N(C)CC(C)O)CC(=O)O. The highest BCUT2D eigenvalue weighted by molar-refractivity contribution is 5.74. The summed E-state index contributed by atoms with van der Waals surface area (Å²) < 4.78 is 0. The zero-order chi connectivity index (χ0) is 13.4. The second-order valence-electron chi connectivity index (χ2n) is 4.29. The van der Waals surface area contributed by atoms with Crippen molar-refractivity contribution >= 4 is 12.0 Å². The normalized spacial score (nSPS) is 13.9. The van der Waals surface area contributed by atoms with Crippen molar-refractivity contribution in [1.82, 2.24) is 10.2 Å². The van der Waals surface area contributed by atoms with Gasteiger partial charge in [-0.1, -0.05) is 13.3 Å². The van der Waals surface area contributed by atoms with Gasteiger partial charge in [-0.2, -0.15) is 0 Å². The molecule has 100 valence electrons. The molecule has 0 aliphatic rings. The smallest absolute Gasteiger partial charge is 0.317 e. The molecule has 3 N–H and O–H groups in total. The Kier molecular flexibility index (Phi) is 7.29. The summed E-state index contributed by atoms with van der Waals surface area (Å²) in [4.78, 5) is 23.5. The molecule has 2 amide bonds. The second-order valence-corrected chi connectivity index (χ2v) is 4.29. The zero-order valence-corrected chi connectivity index (χ0v) is 10.6. The summed E-state index contributed by atoms with van der Waals surface area (Å²) in [6, 6.07) is -0.297. The first-order valence-electron chi connectivity index (χ1n) is 5.75. The maximum atomic E-state index is 11.5. The first kappa shape index (κ1) is 15.7. The number of rotatable bonds is 7. The predicted molar refractivity (Wildman–Crippen MR) is 63.7 cm³/mol. The van der Waals surface area contributed by atoms with Crippen molar-refractivity contribution in [1.29, 1.82) is 0 Å². The molecule has 0 aromatic carbocycles. The predicted octanol–water partition coefficient (Wildman–Crippen LogP) is 0.509. The van der Waals surface area contributed by atoms with Gasteiger partial charge in [0, 0.05) is 26.6 Å². The van der Waals surface area contributed by atoms with Crippen molar-refractivity contribution in [3.63, 3.8) is 0 Å². The van der Waals surface area contributed by atoms with Gasteiger partial charge in [-0.25, -0.2) is 4.79 Å². The fourth-order valence-electron chi connectivity index (χ4n) is 1.45. The third kappa shape index (κ3) is 7.57. The van der Waals surface area contributed by atoms with Crippen LogP contribution in [0.4, 0.5) is 4.79 Å². The lowest BCUT2D eigenvalue weighted by Crippen LogP contribution is -2.42. The van der Waals surface area contributed by atoms with E-state index in [1.54, 1.807) is 14.0 Å². The lowest BCUT2D eigenvalue weighted by atomic mass is 10.0. The van der Waals surface area contributed by atoms with E-state index in [0.29, 0.717) is 13.0 Å². The van der Waals surface area contributed by atoms with Crippen LogP contribution in [-0.2, 0) is 4.79 Å². The number of carbonyl (C=O) groups is 2. The minimum Gasteiger partial charge on any atom is -0.481 e. The number of aliphatic carboxylic acids is 1. The molecule has 17 heavy (non-hydrogen) atoms. The fraction of sp³-hybridized carbons (Fsp3) is 0.818. The highest BCUT2D eigenvalue weighted by atomic mass is 16.4. The molecule has 0 bridgehead atoms. The minimum absolute atomic E-state index is 0.0525. The van der Waals surface area contributed by atoms with Crippen molar-refractivity contribution in [3.05, 3.63) is 0 Å². The van der Waals surface area contributed by atoms with Gasteiger partial charge >= 0.3 is 12.0 Å². The number of nitrogens with zero attached hydrogens (tertiary/aromatic N) is 1. The van der Waals surface area contributed by atoms with E-state index in [0.717, 1.165) is 0 Å². The first-order valence-corrected chi connectivity index (χ1v) is 5.75. The molecule has 0 radical (unpaired) electrons. The third-order valence-electron chi connectivity index (χ3n) is 2.47. The van der Waals surface area contributed by atoms with Gasteiger partial charge in [-0.3, -0.25) is 4.79 Å². The van der Waals surface area contributed by atoms with Gasteiger partial charge < -0.3 is 20.4 Å². The maximum absolute atomic E-state index is 11.5. The molecule has 0 spiro atoms. The topological polar surface area (TPSA) is 89.9 Å². The van der Waals surface area contributed by atoms with Crippen LogP contribution in [0, 0.1) is 5.92 Å². The van der Waals surface area contributed by atoms with Crippen LogP contribution >= 0.6 is 0 Å². The van der Waals surface area contributed by atoms with Crippen LogP contribution in [0.15, 0.2) is 0 Å². The molecule has 0 rings (SSSR count). The molecule has 0 aliphatic heterocycles. The molecule has 0 heterocycles. The van der Waals surface area contributed by atoms with Crippen molar-refractivity contribution in [3.8, 4) is 0 Å². The summed E-state index contributed by atoms with van der Waals surface area (Å²) in [6.45, 7) is 4.08. The molecule has 0 saturated carbocycles. The van der Waals surface area contributed by atoms with E-state index in [1.807, 2.05) is 6.92 Å². The number of amides is 2. The van der Waals surface area contributed by atoms with Gasteiger partial charge in [0.25, 0.3) is 0 Å². The maximum Gasteiger partial charge on any atom is 0.317 e. The summed E-state index contributed by atoms with van der Waals surface area (Å²) in [5.74, 6) is -0.917. The zero-order valence-electron chi connectivity index (χ0n) is 10.6. The minimum atomic E-state index is -0.858. The summed E-state index contributed by atoms with van der Waals surface area (Å²) >= 11 is 0. The Morgan fingerprint density at radius 3 is 2.41 bits per heavy atom. The van der Waals surface area contributed by atoms with E-state index in [2.05, 4.69) is 5.32 Å². The quantitative estimate of drug-likeness (QED) is 0.610. The highest BCUT2D eigenvalue weighted by Gasteiger charge is 2.15. The van der Waals surface area contributed by atoms with Crippen LogP contribution in [0.3, 0.4) is 0 Å². The average Bonchev–Trinajstić information content (AvgIpc) is 2.22. The molecular formula is C11H22N2O4. The van der Waals surface area contributed by atoms with Gasteiger partial charge in [0.1, 0.15) is 0 Å². The number of hydrogen-bond donors (Lipinski definition) is 3. The molecule has 2 unspecified atom stereocenters. The number of carboxylic acid groups (broad SMARTS) is 1. The standard InChI is InChI=1S/C11H22N2O4/c1-4-9(5-10(15)16)6-12-11(17)13(3)7-8(2)14/h8-9,14H,4-7H2,1-3H3,(H,12,17)(H,15,16). The van der Waals surface area contributed by atoms with Crippen molar-refractivity contribution < 1.29 is 19.8 Å². The average molecular weight is 246 g/mol. The number of carbonyl (C=O) groups excluding carboxylic acids is 1. The number of nitrogens with one attached hydrogen (secondary N) is 1. The van der Waals surface area contributed by atoms with Crippen LogP contribution in [0.5, 0.6) is 0 Å². The van der Waals surface area contributed by atoms with E-state index < -0.39 is 12.1 Å². The molecule has 0 aromatic heterocycles. The van der Waals surface area contributed by atoms with Gasteiger partial charge in [0.15, 0.2) is 0 Å². The summed E-state index contributed by atoms with van der Waals surface area (Å²) in [6.07, 6.45) is 0.176. The molecule has 0 saturated heterocycles. The molecule has 6 heteroatoms. The molecule has 0 aromatic rings. The molecular weight excluding hydrogens is 224 g/mol. The van der Waals surface area contributed by atoms with Crippen molar-refractivity contribution in [2.45, 2.75) is 32.8 Å². The molecule has 0 aliphatic carbocycles. The van der Waals surface area contributed by atoms with Crippen molar-refractivity contribution in [2.24, 2.45) is 5.92 Å². The summed E-state index contributed by atoms with van der Waals surface area (Å²) in [5, 5.41) is 20.4. The lowest BCUT2D eigenvalue weighted by Gasteiger charge is -2.21. The Morgan fingerprint density at radius 2 is 2.00 bits per heavy atom. The number of carboxylic acids is 1. The van der Waals surface area contributed by atoms with Crippen LogP contribution in [0.1, 0.15) is 26.7 Å². The van der Waals surface area contributed by atoms with Gasteiger partial charge in [0.05, 0.1) is 6.10 Å². The highest BCUT2D eigenvalue weighted by Crippen LogP contribution is 2.06. The van der Waals surface area contributed by atoms with E-state index >= 15 is 0 Å². The third-order valence-corrected chi connectivity index (χ3v) is 2.47. The Morgan fingerprint density at radius 1 is 1.41 bits per heavy atom. The number of hydrogen-bond acceptors (Lipinski definition) is 3. The van der Waals surface area contributed by atoms with Crippen molar-refractivity contribution in [2.75, 3.05) is 20.1 Å². The number of aliphatic hydroxyl groups excluding tert-OH is 1. The number of likely N-dealkylation sites (N-methyl/N-ethyl adjacent to an activating group) is 1. The van der Waals surface area contributed by atoms with Gasteiger partial charge in [-0.05, 0) is 12.8 Å². The van der Waals surface area contributed by atoms with Crippen LogP contribution in [0.25, 0.3) is 0 Å². The van der Waals surface area contributed by atoms with Gasteiger partial charge in [-0.15, -0.1) is 0 Å². The lowest BCUT2D eigenvalue weighted by molar-refractivity contribution is -0.138. The van der Waals surface area contributed by atoms with E-state index in [9.17, 15) is 9.59 Å². The largest absolute Gasteiger partial charge is 0.481 e.